The molecular formula is C21H22FN3O2. The second-order valence-corrected chi connectivity index (χ2v) is 6.82. The lowest BCUT2D eigenvalue weighted by Crippen LogP contribution is -2.39. The largest absolute Gasteiger partial charge is 0.331 e. The van der Waals surface area contributed by atoms with Crippen LogP contribution in [0.2, 0.25) is 0 Å². The fraction of sp³-hybridized carbons (Fsp3) is 0.238. The van der Waals surface area contributed by atoms with Gasteiger partial charge in [0.05, 0.1) is 12.1 Å². The first-order valence-corrected chi connectivity index (χ1v) is 8.67. The summed E-state index contributed by atoms with van der Waals surface area (Å²) in [6.45, 7) is 2.38. The number of benzene rings is 2. The molecule has 6 heteroatoms. The molecule has 3 rings (SSSR count). The maximum absolute atomic E-state index is 13.2. The predicted molar refractivity (Wildman–Crippen MR) is 104 cm³/mol. The number of para-hydroxylation sites is 1. The summed E-state index contributed by atoms with van der Waals surface area (Å²) < 4.78 is 13.2. The molecule has 2 aromatic carbocycles. The average molecular weight is 367 g/mol. The lowest BCUT2D eigenvalue weighted by Gasteiger charge is -2.26. The van der Waals surface area contributed by atoms with E-state index in [1.54, 1.807) is 31.1 Å². The van der Waals surface area contributed by atoms with Crippen LogP contribution in [-0.4, -0.2) is 34.9 Å². The second kappa shape index (κ2) is 7.61. The van der Waals surface area contributed by atoms with Crippen molar-refractivity contribution in [2.45, 2.75) is 20.0 Å². The van der Waals surface area contributed by atoms with Crippen molar-refractivity contribution in [2.75, 3.05) is 14.1 Å². The van der Waals surface area contributed by atoms with Gasteiger partial charge in [-0.15, -0.1) is 0 Å². The summed E-state index contributed by atoms with van der Waals surface area (Å²) in [4.78, 5) is 31.1. The molecule has 3 aromatic rings. The summed E-state index contributed by atoms with van der Waals surface area (Å²) in [6, 6.07) is 13.4. The fourth-order valence-electron chi connectivity index (χ4n) is 3.04. The lowest BCUT2D eigenvalue weighted by atomic mass is 10.1. The number of hydrogen-bond acceptors (Lipinski definition) is 2. The molecule has 1 heterocycles. The van der Waals surface area contributed by atoms with Crippen LogP contribution in [0.5, 0.6) is 0 Å². The third kappa shape index (κ3) is 4.16. The molecule has 2 amide bonds. The number of nitrogens with zero attached hydrogens (tertiary/aromatic N) is 2. The van der Waals surface area contributed by atoms with Gasteiger partial charge < -0.3 is 14.8 Å². The van der Waals surface area contributed by atoms with Crippen LogP contribution in [0, 0.1) is 12.7 Å². The van der Waals surface area contributed by atoms with E-state index < -0.39 is 0 Å². The number of aryl methyl sites for hydroxylation is 1. The van der Waals surface area contributed by atoms with E-state index in [4.69, 9.17) is 0 Å². The summed E-state index contributed by atoms with van der Waals surface area (Å²) in [7, 11) is 3.32. The third-order valence-electron chi connectivity index (χ3n) is 4.47. The van der Waals surface area contributed by atoms with Crippen LogP contribution in [0.4, 0.5) is 9.18 Å². The average Bonchev–Trinajstić information content (AvgIpc) is 2.63. The molecule has 0 saturated heterocycles. The summed E-state index contributed by atoms with van der Waals surface area (Å²) in [5, 5.41) is 0.920. The van der Waals surface area contributed by atoms with Crippen molar-refractivity contribution in [1.29, 1.82) is 0 Å². The number of carbonyl (C=O) groups is 1. The number of amides is 2. The van der Waals surface area contributed by atoms with Crippen LogP contribution in [0.15, 0.2) is 53.3 Å². The van der Waals surface area contributed by atoms with E-state index in [1.807, 2.05) is 31.2 Å². The molecule has 1 aromatic heterocycles. The Morgan fingerprint density at radius 1 is 1.07 bits per heavy atom. The molecule has 1 N–H and O–H groups in total. The van der Waals surface area contributed by atoms with Gasteiger partial charge in [0, 0.05) is 26.2 Å². The van der Waals surface area contributed by atoms with Crippen molar-refractivity contribution < 1.29 is 9.18 Å². The molecule has 0 bridgehead atoms. The number of H-pyrrole nitrogens is 1. The molecule has 0 fully saturated rings. The van der Waals surface area contributed by atoms with Gasteiger partial charge in [0.25, 0.3) is 5.56 Å². The molecule has 0 aliphatic heterocycles. The number of rotatable bonds is 4. The number of nitrogens with one attached hydrogen (secondary N) is 1. The van der Waals surface area contributed by atoms with Gasteiger partial charge in [-0.25, -0.2) is 9.18 Å². The third-order valence-corrected chi connectivity index (χ3v) is 4.47. The Hall–Kier alpha value is -3.15. The molecule has 0 aliphatic rings. The van der Waals surface area contributed by atoms with Crippen LogP contribution < -0.4 is 5.56 Å². The van der Waals surface area contributed by atoms with Crippen LogP contribution in [0.1, 0.15) is 16.7 Å². The highest BCUT2D eigenvalue weighted by Gasteiger charge is 2.18. The molecule has 5 nitrogen and oxygen atoms in total. The molecule has 0 unspecified atom stereocenters. The van der Waals surface area contributed by atoms with Crippen LogP contribution in [0.25, 0.3) is 10.9 Å². The predicted octanol–water partition coefficient (Wildman–Crippen LogP) is 3.66. The van der Waals surface area contributed by atoms with Crippen molar-refractivity contribution >= 4 is 16.9 Å². The molecular weight excluding hydrogens is 345 g/mol. The topological polar surface area (TPSA) is 56.4 Å². The number of aromatic amines is 1. The van der Waals surface area contributed by atoms with Gasteiger partial charge in [-0.2, -0.15) is 0 Å². The van der Waals surface area contributed by atoms with Gasteiger partial charge in [-0.1, -0.05) is 30.3 Å². The molecule has 0 radical (unpaired) electrons. The van der Waals surface area contributed by atoms with E-state index in [9.17, 15) is 14.0 Å². The molecule has 140 valence electrons. The number of urea groups is 1. The second-order valence-electron chi connectivity index (χ2n) is 6.82. The summed E-state index contributed by atoms with van der Waals surface area (Å²) in [5.41, 5.74) is 2.87. The smallest absolute Gasteiger partial charge is 0.320 e. The number of aromatic nitrogens is 1. The number of halogens is 1. The molecule has 27 heavy (non-hydrogen) atoms. The Labute approximate surface area is 157 Å². The van der Waals surface area contributed by atoms with Crippen molar-refractivity contribution in [1.82, 2.24) is 14.8 Å². The Morgan fingerprint density at radius 3 is 2.44 bits per heavy atom. The highest BCUT2D eigenvalue weighted by Crippen LogP contribution is 2.17. The maximum Gasteiger partial charge on any atom is 0.320 e. The quantitative estimate of drug-likeness (QED) is 0.765. The van der Waals surface area contributed by atoms with E-state index in [0.717, 1.165) is 22.0 Å². The first-order chi connectivity index (χ1) is 12.8. The van der Waals surface area contributed by atoms with E-state index in [2.05, 4.69) is 4.98 Å². The van der Waals surface area contributed by atoms with Gasteiger partial charge in [0.15, 0.2) is 0 Å². The Balaban J connectivity index is 1.95. The Morgan fingerprint density at radius 2 is 1.78 bits per heavy atom. The summed E-state index contributed by atoms with van der Waals surface area (Å²) in [6.07, 6.45) is 0. The minimum atomic E-state index is -0.328. The number of hydrogen-bond donors (Lipinski definition) is 1. The van der Waals surface area contributed by atoms with Gasteiger partial charge in [-0.05, 0) is 41.6 Å². The van der Waals surface area contributed by atoms with Gasteiger partial charge in [0.2, 0.25) is 0 Å². The number of fused-ring (bicyclic) bond motifs is 1. The van der Waals surface area contributed by atoms with Crippen molar-refractivity contribution in [3.05, 3.63) is 81.4 Å². The zero-order valence-corrected chi connectivity index (χ0v) is 15.6. The van der Waals surface area contributed by atoms with Crippen molar-refractivity contribution in [2.24, 2.45) is 0 Å². The SMILES string of the molecule is Cc1cccc2cc(CN(Cc3ccc(F)cc3)C(=O)N(C)C)c(=O)[nH]c12. The van der Waals surface area contributed by atoms with E-state index >= 15 is 0 Å². The zero-order valence-electron chi connectivity index (χ0n) is 15.6. The van der Waals surface area contributed by atoms with Gasteiger partial charge in [0.1, 0.15) is 5.82 Å². The molecule has 0 spiro atoms. The molecule has 0 saturated carbocycles. The number of pyridine rings is 1. The van der Waals surface area contributed by atoms with E-state index in [0.29, 0.717) is 5.56 Å². The maximum atomic E-state index is 13.2. The van der Waals surface area contributed by atoms with Gasteiger partial charge >= 0.3 is 6.03 Å². The van der Waals surface area contributed by atoms with Crippen molar-refractivity contribution in [3.8, 4) is 0 Å². The standard InChI is InChI=1S/C21H22FN3O2/c1-14-5-4-6-16-11-17(20(26)23-19(14)16)13-25(21(27)24(2)3)12-15-7-9-18(22)10-8-15/h4-11H,12-13H2,1-3H3,(H,23,26). The highest BCUT2D eigenvalue weighted by atomic mass is 19.1. The minimum absolute atomic E-state index is 0.160. The summed E-state index contributed by atoms with van der Waals surface area (Å²) in [5.74, 6) is -0.328. The van der Waals surface area contributed by atoms with E-state index in [1.165, 1.54) is 17.0 Å². The lowest BCUT2D eigenvalue weighted by molar-refractivity contribution is 0.165. The van der Waals surface area contributed by atoms with Crippen LogP contribution in [-0.2, 0) is 13.1 Å². The first kappa shape index (κ1) is 18.6. The monoisotopic (exact) mass is 367 g/mol. The van der Waals surface area contributed by atoms with Gasteiger partial charge in [-0.3, -0.25) is 4.79 Å². The van der Waals surface area contributed by atoms with Crippen LogP contribution >= 0.6 is 0 Å². The van der Waals surface area contributed by atoms with E-state index in [-0.39, 0.29) is 30.5 Å². The fourth-order valence-corrected chi connectivity index (χ4v) is 3.04. The number of carbonyl (C=O) groups excluding carboxylic acids is 1. The molecule has 0 atom stereocenters. The minimum Gasteiger partial charge on any atom is -0.331 e. The first-order valence-electron chi connectivity index (χ1n) is 8.67. The Kier molecular flexibility index (Phi) is 5.26. The van der Waals surface area contributed by atoms with Crippen molar-refractivity contribution in [3.63, 3.8) is 0 Å². The summed E-state index contributed by atoms with van der Waals surface area (Å²) >= 11 is 0. The Bertz CT molecular complexity index is 1030. The molecule has 0 aliphatic carbocycles. The highest BCUT2D eigenvalue weighted by molar-refractivity contribution is 5.82. The van der Waals surface area contributed by atoms with Crippen LogP contribution in [0.3, 0.4) is 0 Å². The normalized spacial score (nSPS) is 10.8. The zero-order chi connectivity index (χ0) is 19.6.